The van der Waals surface area contributed by atoms with Gasteiger partial charge in [0.1, 0.15) is 29.5 Å². The summed E-state index contributed by atoms with van der Waals surface area (Å²) >= 11 is 0. The molecule has 1 atom stereocenters. The fourth-order valence-electron chi connectivity index (χ4n) is 2.50. The highest BCUT2D eigenvalue weighted by molar-refractivity contribution is 5.54. The minimum atomic E-state index is -0.238. The van der Waals surface area contributed by atoms with Crippen molar-refractivity contribution in [2.45, 2.75) is 6.04 Å². The number of nitrogens with one attached hydrogen (secondary N) is 1. The fraction of sp³-hybridized carbons (Fsp3) is 0.167. The molecule has 24 heavy (non-hydrogen) atoms. The summed E-state index contributed by atoms with van der Waals surface area (Å²) in [5.41, 5.74) is 1.49. The second-order valence-corrected chi connectivity index (χ2v) is 5.26. The predicted molar refractivity (Wildman–Crippen MR) is 90.6 cm³/mol. The van der Waals surface area contributed by atoms with Crippen LogP contribution in [0, 0.1) is 11.3 Å². The molecule has 0 spiro atoms. The van der Waals surface area contributed by atoms with Gasteiger partial charge < -0.3 is 14.6 Å². The lowest BCUT2D eigenvalue weighted by molar-refractivity contribution is 0.414. The molecule has 2 heterocycles. The molecule has 6 heteroatoms. The Bertz CT molecular complexity index is 864. The van der Waals surface area contributed by atoms with E-state index in [-0.39, 0.29) is 6.04 Å². The lowest BCUT2D eigenvalue weighted by Gasteiger charge is -2.20. The number of nitrogens with zero attached hydrogens (tertiary/aromatic N) is 4. The first-order chi connectivity index (χ1) is 11.7. The second kappa shape index (κ2) is 6.84. The van der Waals surface area contributed by atoms with E-state index in [1.54, 1.807) is 31.6 Å². The van der Waals surface area contributed by atoms with Crippen molar-refractivity contribution < 1.29 is 4.74 Å². The average molecular weight is 319 g/mol. The molecular formula is C18H17N5O. The van der Waals surface area contributed by atoms with Crippen LogP contribution >= 0.6 is 0 Å². The van der Waals surface area contributed by atoms with Gasteiger partial charge in [-0.2, -0.15) is 5.26 Å². The van der Waals surface area contributed by atoms with E-state index < -0.39 is 0 Å². The molecule has 3 aromatic rings. The summed E-state index contributed by atoms with van der Waals surface area (Å²) in [6.45, 7) is 0. The molecule has 6 nitrogen and oxygen atoms in total. The maximum absolute atomic E-state index is 9.29. The number of aromatic nitrogens is 3. The summed E-state index contributed by atoms with van der Waals surface area (Å²) in [7, 11) is 3.57. The molecule has 0 saturated carbocycles. The first kappa shape index (κ1) is 15.6. The Morgan fingerprint density at radius 2 is 1.96 bits per heavy atom. The van der Waals surface area contributed by atoms with E-state index in [0.29, 0.717) is 11.4 Å². The lowest BCUT2D eigenvalue weighted by atomic mass is 10.1. The van der Waals surface area contributed by atoms with Crippen LogP contribution in [0.4, 0.5) is 5.82 Å². The predicted octanol–water partition coefficient (Wildman–Crippen LogP) is 2.90. The van der Waals surface area contributed by atoms with Gasteiger partial charge in [0.25, 0.3) is 0 Å². The van der Waals surface area contributed by atoms with Crippen LogP contribution in [0.2, 0.25) is 0 Å². The van der Waals surface area contributed by atoms with Gasteiger partial charge in [-0.25, -0.2) is 9.97 Å². The van der Waals surface area contributed by atoms with Crippen LogP contribution in [-0.2, 0) is 7.05 Å². The topological polar surface area (TPSA) is 75.8 Å². The zero-order valence-corrected chi connectivity index (χ0v) is 13.5. The smallest absolute Gasteiger partial charge is 0.144 e. The molecule has 1 aromatic carbocycles. The largest absolute Gasteiger partial charge is 0.497 e. The lowest BCUT2D eigenvalue weighted by Crippen LogP contribution is -2.18. The van der Waals surface area contributed by atoms with Crippen molar-refractivity contribution in [1.29, 1.82) is 5.26 Å². The summed E-state index contributed by atoms with van der Waals surface area (Å²) in [4.78, 5) is 8.74. The van der Waals surface area contributed by atoms with Gasteiger partial charge in [-0.3, -0.25) is 0 Å². The van der Waals surface area contributed by atoms with E-state index in [9.17, 15) is 5.26 Å². The summed E-state index contributed by atoms with van der Waals surface area (Å²) in [6.07, 6.45) is 5.29. The normalized spacial score (nSPS) is 11.5. The van der Waals surface area contributed by atoms with Gasteiger partial charge >= 0.3 is 0 Å². The highest BCUT2D eigenvalue weighted by atomic mass is 16.5. The molecule has 120 valence electrons. The van der Waals surface area contributed by atoms with E-state index >= 15 is 0 Å². The van der Waals surface area contributed by atoms with Crippen molar-refractivity contribution in [3.63, 3.8) is 0 Å². The Labute approximate surface area is 140 Å². The molecule has 2 aromatic heterocycles. The third-order valence-corrected chi connectivity index (χ3v) is 3.78. The van der Waals surface area contributed by atoms with Crippen molar-refractivity contribution in [3.8, 4) is 11.8 Å². The molecule has 1 N–H and O–H groups in total. The summed E-state index contributed by atoms with van der Waals surface area (Å²) in [5.74, 6) is 2.14. The van der Waals surface area contributed by atoms with Crippen LogP contribution in [0.3, 0.4) is 0 Å². The molecule has 0 radical (unpaired) electrons. The van der Waals surface area contributed by atoms with Crippen molar-refractivity contribution in [2.24, 2.45) is 7.05 Å². The Kier molecular flexibility index (Phi) is 4.43. The number of hydrogen-bond donors (Lipinski definition) is 1. The Morgan fingerprint density at radius 1 is 1.17 bits per heavy atom. The number of benzene rings is 1. The molecule has 0 aliphatic carbocycles. The summed E-state index contributed by atoms with van der Waals surface area (Å²) in [5, 5.41) is 12.6. The Balaban J connectivity index is 2.02. The quantitative estimate of drug-likeness (QED) is 0.782. The van der Waals surface area contributed by atoms with E-state index in [2.05, 4.69) is 21.4 Å². The van der Waals surface area contributed by atoms with Crippen molar-refractivity contribution in [2.75, 3.05) is 12.4 Å². The third kappa shape index (κ3) is 3.06. The number of ether oxygens (including phenoxy) is 1. The highest BCUT2D eigenvalue weighted by Crippen LogP contribution is 2.27. The maximum atomic E-state index is 9.29. The van der Waals surface area contributed by atoms with E-state index in [0.717, 1.165) is 17.1 Å². The average Bonchev–Trinajstić information content (AvgIpc) is 3.06. The van der Waals surface area contributed by atoms with Crippen LogP contribution in [0.25, 0.3) is 0 Å². The summed E-state index contributed by atoms with van der Waals surface area (Å²) < 4.78 is 7.16. The minimum absolute atomic E-state index is 0.238. The first-order valence-corrected chi connectivity index (χ1v) is 7.45. The number of rotatable bonds is 5. The molecular weight excluding hydrogens is 302 g/mol. The molecule has 0 saturated heterocycles. The van der Waals surface area contributed by atoms with Crippen LogP contribution < -0.4 is 10.1 Å². The minimum Gasteiger partial charge on any atom is -0.497 e. The van der Waals surface area contributed by atoms with Crippen LogP contribution in [0.1, 0.15) is 23.0 Å². The number of imidazole rings is 1. The molecule has 0 aliphatic heterocycles. The number of nitriles is 1. The fourth-order valence-corrected chi connectivity index (χ4v) is 2.50. The monoisotopic (exact) mass is 319 g/mol. The van der Waals surface area contributed by atoms with Gasteiger partial charge in [-0.05, 0) is 29.8 Å². The highest BCUT2D eigenvalue weighted by Gasteiger charge is 2.20. The number of aryl methyl sites for hydroxylation is 1. The summed E-state index contributed by atoms with van der Waals surface area (Å²) in [6, 6.07) is 13.1. The Hall–Kier alpha value is -3.33. The van der Waals surface area contributed by atoms with E-state index in [1.807, 2.05) is 42.1 Å². The van der Waals surface area contributed by atoms with Gasteiger partial charge in [0.2, 0.25) is 0 Å². The van der Waals surface area contributed by atoms with Gasteiger partial charge in [-0.1, -0.05) is 12.1 Å². The first-order valence-electron chi connectivity index (χ1n) is 7.45. The van der Waals surface area contributed by atoms with Crippen molar-refractivity contribution in [3.05, 3.63) is 71.9 Å². The van der Waals surface area contributed by atoms with Crippen LogP contribution in [0.5, 0.6) is 5.75 Å². The van der Waals surface area contributed by atoms with Crippen molar-refractivity contribution in [1.82, 2.24) is 14.5 Å². The number of hydrogen-bond acceptors (Lipinski definition) is 5. The number of anilines is 1. The number of pyridine rings is 1. The van der Waals surface area contributed by atoms with Gasteiger partial charge in [-0.15, -0.1) is 0 Å². The van der Waals surface area contributed by atoms with Crippen molar-refractivity contribution >= 4 is 5.82 Å². The molecule has 0 amide bonds. The molecule has 3 rings (SSSR count). The second-order valence-electron chi connectivity index (χ2n) is 5.26. The van der Waals surface area contributed by atoms with Crippen LogP contribution in [0.15, 0.2) is 55.0 Å². The van der Waals surface area contributed by atoms with Gasteiger partial charge in [0, 0.05) is 25.6 Å². The standard InChI is InChI=1S/C18H17N5O/c1-23-11-10-21-18(23)16(13-5-7-15(24-2)8-6-13)22-17-14(12-19)4-3-9-20-17/h3-11,16H,1-2H3,(H,20,22). The van der Waals surface area contributed by atoms with E-state index in [1.165, 1.54) is 0 Å². The Morgan fingerprint density at radius 3 is 2.58 bits per heavy atom. The molecule has 0 fully saturated rings. The van der Waals surface area contributed by atoms with E-state index in [4.69, 9.17) is 4.74 Å². The zero-order valence-electron chi connectivity index (χ0n) is 13.5. The zero-order chi connectivity index (χ0) is 16.9. The number of methoxy groups -OCH3 is 1. The van der Waals surface area contributed by atoms with Gasteiger partial charge in [0.05, 0.1) is 12.7 Å². The van der Waals surface area contributed by atoms with Gasteiger partial charge in [0.15, 0.2) is 0 Å². The third-order valence-electron chi connectivity index (χ3n) is 3.78. The van der Waals surface area contributed by atoms with Crippen LogP contribution in [-0.4, -0.2) is 21.6 Å². The molecule has 0 aliphatic rings. The molecule has 1 unspecified atom stereocenters. The molecule has 0 bridgehead atoms. The maximum Gasteiger partial charge on any atom is 0.144 e. The SMILES string of the molecule is COc1ccc(C(Nc2ncccc2C#N)c2nccn2C)cc1.